The molecule has 0 unspecified atom stereocenters. The molecule has 0 bridgehead atoms. The van der Waals surface area contributed by atoms with Crippen LogP contribution in [0.1, 0.15) is 27.7 Å². The Morgan fingerprint density at radius 1 is 1.58 bits per heavy atom. The van der Waals surface area contributed by atoms with Gasteiger partial charge in [0, 0.05) is 5.71 Å². The van der Waals surface area contributed by atoms with Gasteiger partial charge in [-0.2, -0.15) is 5.10 Å². The van der Waals surface area contributed by atoms with Gasteiger partial charge in [-0.3, -0.25) is 0 Å². The van der Waals surface area contributed by atoms with E-state index in [1.54, 1.807) is 6.92 Å². The van der Waals surface area contributed by atoms with E-state index in [0.717, 1.165) is 5.71 Å². The Morgan fingerprint density at radius 3 is 2.58 bits per heavy atom. The first-order valence-electron chi connectivity index (χ1n) is 4.04. The predicted molar refractivity (Wildman–Crippen MR) is 48.1 cm³/mol. The summed E-state index contributed by atoms with van der Waals surface area (Å²) < 4.78 is 4.61. The molecule has 0 aromatic heterocycles. The number of carbonyl (C=O) groups excluding carboxylic acids is 1. The van der Waals surface area contributed by atoms with Crippen LogP contribution in [0, 0.1) is 5.92 Å². The number of ether oxygens (including phenoxy) is 1. The molecule has 12 heavy (non-hydrogen) atoms. The van der Waals surface area contributed by atoms with Crippen LogP contribution in [0.15, 0.2) is 5.10 Å². The van der Waals surface area contributed by atoms with Crippen LogP contribution >= 0.6 is 0 Å². The van der Waals surface area contributed by atoms with Gasteiger partial charge in [-0.25, -0.2) is 10.2 Å². The van der Waals surface area contributed by atoms with Crippen LogP contribution < -0.4 is 5.43 Å². The maximum Gasteiger partial charge on any atom is 0.427 e. The van der Waals surface area contributed by atoms with Gasteiger partial charge in [-0.05, 0) is 19.8 Å². The number of hydrogen-bond acceptors (Lipinski definition) is 3. The molecule has 0 aliphatic carbocycles. The molecule has 4 nitrogen and oxygen atoms in total. The maximum absolute atomic E-state index is 10.7. The number of hydrogen-bond donors (Lipinski definition) is 1. The Kier molecular flexibility index (Phi) is 5.08. The van der Waals surface area contributed by atoms with Crippen molar-refractivity contribution in [3.63, 3.8) is 0 Å². The van der Waals surface area contributed by atoms with Gasteiger partial charge in [0.25, 0.3) is 0 Å². The molecule has 0 aromatic rings. The highest BCUT2D eigenvalue weighted by Gasteiger charge is 2.00. The zero-order valence-electron chi connectivity index (χ0n) is 8.05. The monoisotopic (exact) mass is 172 g/mol. The van der Waals surface area contributed by atoms with Crippen molar-refractivity contribution in [2.75, 3.05) is 6.61 Å². The van der Waals surface area contributed by atoms with Gasteiger partial charge < -0.3 is 4.74 Å². The summed E-state index contributed by atoms with van der Waals surface area (Å²) in [5.41, 5.74) is 3.17. The topological polar surface area (TPSA) is 50.7 Å². The van der Waals surface area contributed by atoms with E-state index < -0.39 is 6.09 Å². The number of carbonyl (C=O) groups is 1. The highest BCUT2D eigenvalue weighted by Crippen LogP contribution is 1.94. The van der Waals surface area contributed by atoms with Gasteiger partial charge in [0.15, 0.2) is 0 Å². The predicted octanol–water partition coefficient (Wildman–Crippen LogP) is 1.76. The number of hydrazone groups is 1. The van der Waals surface area contributed by atoms with Gasteiger partial charge in [-0.1, -0.05) is 13.8 Å². The van der Waals surface area contributed by atoms with Crippen LogP contribution in [-0.4, -0.2) is 18.4 Å². The summed E-state index contributed by atoms with van der Waals surface area (Å²) in [7, 11) is 0. The molecule has 0 aliphatic heterocycles. The van der Waals surface area contributed by atoms with E-state index in [4.69, 9.17) is 0 Å². The molecule has 0 atom stereocenters. The maximum atomic E-state index is 10.7. The number of amides is 1. The van der Waals surface area contributed by atoms with E-state index in [9.17, 15) is 4.79 Å². The minimum atomic E-state index is -0.502. The Morgan fingerprint density at radius 2 is 2.17 bits per heavy atom. The number of nitrogens with one attached hydrogen (secondary N) is 1. The van der Waals surface area contributed by atoms with Gasteiger partial charge in [0.1, 0.15) is 0 Å². The zero-order chi connectivity index (χ0) is 9.56. The Bertz CT molecular complexity index is 176. The Hall–Kier alpha value is -1.06. The SMILES string of the molecule is CCOC(=O)NN=C(C)C(C)C. The van der Waals surface area contributed by atoms with E-state index in [2.05, 4.69) is 15.3 Å². The fraction of sp³-hybridized carbons (Fsp3) is 0.750. The summed E-state index contributed by atoms with van der Waals surface area (Å²) in [6.45, 7) is 7.98. The molecule has 4 heteroatoms. The average molecular weight is 172 g/mol. The first-order chi connectivity index (χ1) is 5.57. The number of nitrogens with zero attached hydrogens (tertiary/aromatic N) is 1. The molecule has 1 N–H and O–H groups in total. The third-order valence-corrected chi connectivity index (χ3v) is 1.43. The molecule has 1 amide bonds. The second kappa shape index (κ2) is 5.57. The van der Waals surface area contributed by atoms with E-state index in [-0.39, 0.29) is 0 Å². The molecular weight excluding hydrogens is 156 g/mol. The molecule has 0 aromatic carbocycles. The fourth-order valence-electron chi connectivity index (χ4n) is 0.426. The highest BCUT2D eigenvalue weighted by atomic mass is 16.5. The summed E-state index contributed by atoms with van der Waals surface area (Å²) in [4.78, 5) is 10.7. The van der Waals surface area contributed by atoms with Crippen molar-refractivity contribution in [2.24, 2.45) is 11.0 Å². The first-order valence-corrected chi connectivity index (χ1v) is 4.04. The lowest BCUT2D eigenvalue weighted by atomic mass is 10.1. The van der Waals surface area contributed by atoms with Crippen LogP contribution in [0.4, 0.5) is 4.79 Å². The summed E-state index contributed by atoms with van der Waals surface area (Å²) in [6.07, 6.45) is -0.502. The summed E-state index contributed by atoms with van der Waals surface area (Å²) in [5, 5.41) is 3.83. The first kappa shape index (κ1) is 10.9. The molecule has 0 saturated heterocycles. The van der Waals surface area contributed by atoms with Crippen molar-refractivity contribution in [2.45, 2.75) is 27.7 Å². The van der Waals surface area contributed by atoms with E-state index >= 15 is 0 Å². The van der Waals surface area contributed by atoms with Crippen LogP contribution in [0.3, 0.4) is 0 Å². The lowest BCUT2D eigenvalue weighted by Crippen LogP contribution is -2.21. The van der Waals surface area contributed by atoms with Gasteiger partial charge in [0.05, 0.1) is 6.61 Å². The molecule has 0 aliphatic rings. The Labute approximate surface area is 73.0 Å². The minimum absolute atomic E-state index is 0.340. The van der Waals surface area contributed by atoms with Gasteiger partial charge in [0.2, 0.25) is 0 Å². The van der Waals surface area contributed by atoms with Crippen LogP contribution in [0.5, 0.6) is 0 Å². The zero-order valence-corrected chi connectivity index (χ0v) is 8.05. The van der Waals surface area contributed by atoms with Crippen LogP contribution in [0.2, 0.25) is 0 Å². The van der Waals surface area contributed by atoms with Crippen LogP contribution in [0.25, 0.3) is 0 Å². The lowest BCUT2D eigenvalue weighted by molar-refractivity contribution is 0.152. The van der Waals surface area contributed by atoms with Crippen molar-refractivity contribution in [3.8, 4) is 0 Å². The smallest absolute Gasteiger partial charge is 0.427 e. The summed E-state index contributed by atoms with van der Waals surface area (Å²) in [6, 6.07) is 0. The second-order valence-electron chi connectivity index (χ2n) is 2.74. The van der Waals surface area contributed by atoms with E-state index in [1.165, 1.54) is 0 Å². The molecule has 0 heterocycles. The summed E-state index contributed by atoms with van der Waals surface area (Å²) >= 11 is 0. The fourth-order valence-corrected chi connectivity index (χ4v) is 0.426. The third-order valence-electron chi connectivity index (χ3n) is 1.43. The van der Waals surface area contributed by atoms with Crippen molar-refractivity contribution < 1.29 is 9.53 Å². The minimum Gasteiger partial charge on any atom is -0.449 e. The third kappa shape index (κ3) is 4.71. The molecule has 0 spiro atoms. The van der Waals surface area contributed by atoms with Gasteiger partial charge >= 0.3 is 6.09 Å². The van der Waals surface area contributed by atoms with Gasteiger partial charge in [-0.15, -0.1) is 0 Å². The van der Waals surface area contributed by atoms with Crippen molar-refractivity contribution in [3.05, 3.63) is 0 Å². The Balaban J connectivity index is 3.79. The molecule has 0 rings (SSSR count). The van der Waals surface area contributed by atoms with Crippen LogP contribution in [-0.2, 0) is 4.74 Å². The largest absolute Gasteiger partial charge is 0.449 e. The van der Waals surface area contributed by atoms with E-state index in [0.29, 0.717) is 12.5 Å². The molecule has 0 fully saturated rings. The highest BCUT2D eigenvalue weighted by molar-refractivity contribution is 5.84. The summed E-state index contributed by atoms with van der Waals surface area (Å²) in [5.74, 6) is 0.340. The molecular formula is C8H16N2O2. The molecule has 70 valence electrons. The lowest BCUT2D eigenvalue weighted by Gasteiger charge is -2.04. The standard InChI is InChI=1S/C8H16N2O2/c1-5-12-8(11)10-9-7(4)6(2)3/h6H,5H2,1-4H3,(H,10,11). The number of rotatable bonds is 3. The van der Waals surface area contributed by atoms with Crippen molar-refractivity contribution in [1.82, 2.24) is 5.43 Å². The van der Waals surface area contributed by atoms with E-state index in [1.807, 2.05) is 20.8 Å². The molecule has 0 radical (unpaired) electrons. The second-order valence-corrected chi connectivity index (χ2v) is 2.74. The average Bonchev–Trinajstić information content (AvgIpc) is 2.00. The van der Waals surface area contributed by atoms with Crippen molar-refractivity contribution >= 4 is 11.8 Å². The molecule has 0 saturated carbocycles. The normalized spacial score (nSPS) is 11.6. The van der Waals surface area contributed by atoms with Crippen molar-refractivity contribution in [1.29, 1.82) is 0 Å². The quantitative estimate of drug-likeness (QED) is 0.521.